The lowest BCUT2D eigenvalue weighted by molar-refractivity contribution is 0.102. The number of anilines is 1. The van der Waals surface area contributed by atoms with Crippen molar-refractivity contribution in [3.8, 4) is 34.5 Å². The monoisotopic (exact) mass is 459 g/mol. The molecule has 8 nitrogen and oxygen atoms in total. The maximum atomic E-state index is 12.9. The molecule has 0 spiro atoms. The molecule has 4 aromatic rings. The van der Waals surface area contributed by atoms with E-state index in [0.29, 0.717) is 33.8 Å². The highest BCUT2D eigenvalue weighted by Crippen LogP contribution is 2.29. The maximum Gasteiger partial charge on any atom is 0.255 e. The van der Waals surface area contributed by atoms with Crippen molar-refractivity contribution in [2.24, 2.45) is 0 Å². The molecule has 8 heteroatoms. The molecule has 0 saturated heterocycles. The van der Waals surface area contributed by atoms with Gasteiger partial charge in [-0.2, -0.15) is 10.5 Å². The zero-order valence-electron chi connectivity index (χ0n) is 19.4. The molecule has 0 aliphatic rings. The molecule has 1 N–H and O–H groups in total. The maximum absolute atomic E-state index is 12.9. The number of rotatable bonds is 5. The van der Waals surface area contributed by atoms with E-state index < -0.39 is 5.41 Å². The summed E-state index contributed by atoms with van der Waals surface area (Å²) in [6, 6.07) is 14.8. The van der Waals surface area contributed by atoms with Crippen molar-refractivity contribution >= 4 is 11.6 Å². The Morgan fingerprint density at radius 2 is 1.71 bits per heavy atom. The van der Waals surface area contributed by atoms with E-state index >= 15 is 0 Å². The number of hydrogen-bond donors (Lipinski definition) is 1. The molecule has 170 valence electrons. The van der Waals surface area contributed by atoms with Crippen LogP contribution in [0.1, 0.15) is 41.2 Å². The largest absolute Gasteiger partial charge is 0.321 e. The van der Waals surface area contributed by atoms with Gasteiger partial charge in [0.15, 0.2) is 0 Å². The van der Waals surface area contributed by atoms with Crippen LogP contribution in [0.15, 0.2) is 67.4 Å². The fourth-order valence-corrected chi connectivity index (χ4v) is 3.50. The predicted molar refractivity (Wildman–Crippen MR) is 131 cm³/mol. The lowest BCUT2D eigenvalue weighted by Gasteiger charge is -2.15. The molecule has 0 aliphatic heterocycles. The number of aromatic nitrogens is 4. The quantitative estimate of drug-likeness (QED) is 0.452. The number of pyridine rings is 4. The number of aryl methyl sites for hydroxylation is 1. The predicted octanol–water partition coefficient (Wildman–Crippen LogP) is 4.83. The summed E-state index contributed by atoms with van der Waals surface area (Å²) in [6.07, 6.45) is 8.08. The van der Waals surface area contributed by atoms with Crippen LogP contribution in [0.5, 0.6) is 0 Å². The highest BCUT2D eigenvalue weighted by molar-refractivity contribution is 6.04. The Hall–Kier alpha value is -4.95. The average Bonchev–Trinajstić information content (AvgIpc) is 2.90. The van der Waals surface area contributed by atoms with Gasteiger partial charge in [-0.1, -0.05) is 0 Å². The number of nitrogens with one attached hydrogen (secondary N) is 1. The normalized spacial score (nSPS) is 10.8. The third-order valence-corrected chi connectivity index (χ3v) is 5.56. The van der Waals surface area contributed by atoms with Crippen molar-refractivity contribution in [1.82, 2.24) is 19.9 Å². The highest BCUT2D eigenvalue weighted by Gasteiger charge is 2.22. The Labute approximate surface area is 203 Å². The summed E-state index contributed by atoms with van der Waals surface area (Å²) in [6.45, 7) is 5.34. The molecule has 0 fully saturated rings. The molecule has 0 aromatic carbocycles. The first-order valence-corrected chi connectivity index (χ1v) is 10.8. The van der Waals surface area contributed by atoms with Gasteiger partial charge in [0.25, 0.3) is 5.91 Å². The molecule has 35 heavy (non-hydrogen) atoms. The molecule has 4 heterocycles. The van der Waals surface area contributed by atoms with Crippen molar-refractivity contribution in [1.29, 1.82) is 10.5 Å². The lowest BCUT2D eigenvalue weighted by Crippen LogP contribution is -2.18. The molecule has 0 aliphatic carbocycles. The van der Waals surface area contributed by atoms with Crippen LogP contribution in [0.2, 0.25) is 0 Å². The van der Waals surface area contributed by atoms with Gasteiger partial charge in [-0.25, -0.2) is 0 Å². The van der Waals surface area contributed by atoms with Crippen LogP contribution in [0.4, 0.5) is 5.69 Å². The van der Waals surface area contributed by atoms with Gasteiger partial charge in [0.2, 0.25) is 0 Å². The van der Waals surface area contributed by atoms with Gasteiger partial charge in [-0.05, 0) is 57.2 Å². The molecule has 4 aromatic heterocycles. The number of amides is 1. The first kappa shape index (κ1) is 23.2. The second kappa shape index (κ2) is 9.50. The molecule has 4 rings (SSSR count). The summed E-state index contributed by atoms with van der Waals surface area (Å²) in [7, 11) is 0. The number of carbonyl (C=O) groups excluding carboxylic acids is 1. The molecular weight excluding hydrogens is 438 g/mol. The molecule has 0 radical (unpaired) electrons. The average molecular weight is 460 g/mol. The van der Waals surface area contributed by atoms with Crippen molar-refractivity contribution in [2.45, 2.75) is 26.2 Å². The minimum absolute atomic E-state index is 0.345. The van der Waals surface area contributed by atoms with E-state index in [1.807, 2.05) is 6.92 Å². The summed E-state index contributed by atoms with van der Waals surface area (Å²) in [4.78, 5) is 30.1. The van der Waals surface area contributed by atoms with E-state index in [1.54, 1.807) is 75.0 Å². The Morgan fingerprint density at radius 3 is 2.43 bits per heavy atom. The van der Waals surface area contributed by atoms with Gasteiger partial charge in [0.05, 0.1) is 40.3 Å². The van der Waals surface area contributed by atoms with Gasteiger partial charge < -0.3 is 5.32 Å². The van der Waals surface area contributed by atoms with Gasteiger partial charge in [-0.15, -0.1) is 0 Å². The van der Waals surface area contributed by atoms with Crippen LogP contribution >= 0.6 is 0 Å². The Bertz CT molecular complexity index is 1500. The van der Waals surface area contributed by atoms with Crippen LogP contribution in [0, 0.1) is 29.6 Å². The smallest absolute Gasteiger partial charge is 0.255 e. The Morgan fingerprint density at radius 1 is 0.943 bits per heavy atom. The minimum atomic E-state index is -0.817. The number of nitriles is 2. The van der Waals surface area contributed by atoms with Crippen LogP contribution in [0.3, 0.4) is 0 Å². The van der Waals surface area contributed by atoms with E-state index in [2.05, 4.69) is 37.4 Å². The number of hydrogen-bond acceptors (Lipinski definition) is 7. The van der Waals surface area contributed by atoms with Crippen LogP contribution in [0.25, 0.3) is 22.4 Å². The van der Waals surface area contributed by atoms with Gasteiger partial charge in [0, 0.05) is 52.7 Å². The molecule has 0 saturated carbocycles. The third kappa shape index (κ3) is 4.87. The van der Waals surface area contributed by atoms with Gasteiger partial charge in [-0.3, -0.25) is 24.7 Å². The van der Waals surface area contributed by atoms with E-state index in [-0.39, 0.29) is 5.91 Å². The summed E-state index contributed by atoms with van der Waals surface area (Å²) in [5, 5.41) is 21.9. The Kier molecular flexibility index (Phi) is 6.30. The number of nitrogens with zero attached hydrogens (tertiary/aromatic N) is 6. The fourth-order valence-electron chi connectivity index (χ4n) is 3.50. The van der Waals surface area contributed by atoms with Crippen LogP contribution < -0.4 is 5.32 Å². The summed E-state index contributed by atoms with van der Waals surface area (Å²) >= 11 is 0. The van der Waals surface area contributed by atoms with E-state index in [1.165, 1.54) is 6.20 Å². The molecular formula is C27H21N7O. The SMILES string of the molecule is Cc1ncc(NC(=O)c2ccnc(C(C)(C)C#N)c2)cc1-c1cnc(-c2ccncc2)c(C#N)c1. The van der Waals surface area contributed by atoms with E-state index in [0.717, 1.165) is 16.8 Å². The molecule has 0 atom stereocenters. The second-order valence-corrected chi connectivity index (χ2v) is 8.45. The molecule has 0 bridgehead atoms. The minimum Gasteiger partial charge on any atom is -0.321 e. The first-order chi connectivity index (χ1) is 16.8. The standard InChI is InChI=1S/C27H21N7O/c1-17-23(21-10-20(13-28)25(33-14-21)18-4-7-30-8-5-18)12-22(15-32-17)34-26(35)19-6-9-31-24(11-19)27(2,3)16-29/h4-12,14-15H,1-3H3,(H,34,35). The summed E-state index contributed by atoms with van der Waals surface area (Å²) < 4.78 is 0. The lowest BCUT2D eigenvalue weighted by atomic mass is 9.90. The Balaban J connectivity index is 1.64. The molecule has 0 unspecified atom stereocenters. The van der Waals surface area contributed by atoms with Crippen molar-refractivity contribution < 1.29 is 4.79 Å². The number of carbonyl (C=O) groups is 1. The van der Waals surface area contributed by atoms with Crippen molar-refractivity contribution in [3.05, 3.63) is 89.9 Å². The zero-order valence-corrected chi connectivity index (χ0v) is 19.4. The summed E-state index contributed by atoms with van der Waals surface area (Å²) in [5.41, 5.74) is 4.55. The highest BCUT2D eigenvalue weighted by atomic mass is 16.1. The first-order valence-electron chi connectivity index (χ1n) is 10.8. The zero-order chi connectivity index (χ0) is 25.0. The van der Waals surface area contributed by atoms with Crippen LogP contribution in [-0.4, -0.2) is 25.8 Å². The molecule has 1 amide bonds. The third-order valence-electron chi connectivity index (χ3n) is 5.56. The van der Waals surface area contributed by atoms with Crippen molar-refractivity contribution in [3.63, 3.8) is 0 Å². The van der Waals surface area contributed by atoms with E-state index in [4.69, 9.17) is 0 Å². The second-order valence-electron chi connectivity index (χ2n) is 8.45. The topological polar surface area (TPSA) is 128 Å². The summed E-state index contributed by atoms with van der Waals surface area (Å²) in [5.74, 6) is -0.345. The van der Waals surface area contributed by atoms with Gasteiger partial charge >= 0.3 is 0 Å². The van der Waals surface area contributed by atoms with Crippen molar-refractivity contribution in [2.75, 3.05) is 5.32 Å². The van der Waals surface area contributed by atoms with Gasteiger partial charge in [0.1, 0.15) is 6.07 Å². The van der Waals surface area contributed by atoms with E-state index in [9.17, 15) is 15.3 Å². The fraction of sp³-hybridized carbons (Fsp3) is 0.148. The van der Waals surface area contributed by atoms with Crippen LogP contribution in [-0.2, 0) is 5.41 Å².